The van der Waals surface area contributed by atoms with Crippen molar-refractivity contribution in [1.29, 1.82) is 0 Å². The molecule has 7 rings (SSSR count). The molecule has 39 heavy (non-hydrogen) atoms. The molecule has 2 saturated carbocycles. The summed E-state index contributed by atoms with van der Waals surface area (Å²) in [6, 6.07) is 18.5. The number of aliphatic hydroxyl groups is 1. The van der Waals surface area contributed by atoms with Gasteiger partial charge < -0.3 is 10.1 Å². The molecule has 0 bridgehead atoms. The van der Waals surface area contributed by atoms with E-state index in [0.717, 1.165) is 36.6 Å². The van der Waals surface area contributed by atoms with Gasteiger partial charge >= 0.3 is 0 Å². The molecule has 205 valence electrons. The molecule has 3 aliphatic rings. The Morgan fingerprint density at radius 3 is 2.23 bits per heavy atom. The van der Waals surface area contributed by atoms with Gasteiger partial charge in [0.1, 0.15) is 0 Å². The molecule has 0 atom stereocenters. The van der Waals surface area contributed by atoms with Crippen LogP contribution in [-0.4, -0.2) is 15.9 Å². The van der Waals surface area contributed by atoms with Crippen LogP contribution in [0.4, 0.5) is 0 Å². The summed E-state index contributed by atoms with van der Waals surface area (Å²) in [6.45, 7) is 4.62. The van der Waals surface area contributed by atoms with Crippen molar-refractivity contribution < 1.29 is 30.0 Å². The Morgan fingerprint density at radius 1 is 0.872 bits per heavy atom. The topological polar surface area (TPSA) is 50.2 Å². The van der Waals surface area contributed by atoms with Gasteiger partial charge in [0.2, 0.25) is 0 Å². The molecule has 1 N–H and O–H groups in total. The summed E-state index contributed by atoms with van der Waals surface area (Å²) in [5, 5.41) is 16.4. The number of aromatic nitrogens is 1. The molecule has 1 radical (unpaired) electrons. The summed E-state index contributed by atoms with van der Waals surface area (Å²) < 4.78 is 0. The molecule has 1 heterocycles. The molecule has 0 spiro atoms. The van der Waals surface area contributed by atoms with Crippen molar-refractivity contribution in [2.75, 3.05) is 0 Å². The van der Waals surface area contributed by atoms with Gasteiger partial charge in [0.15, 0.2) is 5.78 Å². The summed E-state index contributed by atoms with van der Waals surface area (Å²) in [7, 11) is 0. The predicted molar refractivity (Wildman–Crippen MR) is 157 cm³/mol. The minimum atomic E-state index is 0. The number of hydrogen-bond donors (Lipinski definition) is 1. The van der Waals surface area contributed by atoms with Gasteiger partial charge in [0, 0.05) is 49.6 Å². The van der Waals surface area contributed by atoms with Crippen molar-refractivity contribution in [3.05, 3.63) is 77.7 Å². The van der Waals surface area contributed by atoms with Crippen LogP contribution in [0.3, 0.4) is 0 Å². The second-order valence-corrected chi connectivity index (χ2v) is 12.0. The van der Waals surface area contributed by atoms with Crippen LogP contribution in [0.5, 0.6) is 0 Å². The monoisotopic (exact) mass is 697 g/mol. The number of pyridine rings is 1. The second kappa shape index (κ2) is 11.5. The second-order valence-electron chi connectivity index (χ2n) is 12.0. The fourth-order valence-corrected chi connectivity index (χ4v) is 7.16. The third-order valence-corrected chi connectivity index (χ3v) is 9.32. The third-order valence-electron chi connectivity index (χ3n) is 9.32. The maximum Gasteiger partial charge on any atom is 0.162 e. The van der Waals surface area contributed by atoms with E-state index in [1.165, 1.54) is 71.2 Å². The van der Waals surface area contributed by atoms with E-state index in [9.17, 15) is 9.90 Å². The van der Waals surface area contributed by atoms with Gasteiger partial charge in [-0.1, -0.05) is 81.3 Å². The largest absolute Gasteiger partial charge is 0.512 e. The number of hydrogen-bond acceptors (Lipinski definition) is 3. The molecule has 1 aromatic heterocycles. The fourth-order valence-electron chi connectivity index (χ4n) is 7.16. The fraction of sp³-hybridized carbons (Fsp3) is 0.429. The zero-order valence-electron chi connectivity index (χ0n) is 23.1. The number of nitrogens with zero attached hydrogens (tertiary/aromatic N) is 1. The molecule has 0 aliphatic heterocycles. The van der Waals surface area contributed by atoms with Crippen LogP contribution >= 0.6 is 0 Å². The summed E-state index contributed by atoms with van der Waals surface area (Å²) in [5.74, 6) is 0.985. The average Bonchev–Trinajstić information content (AvgIpc) is 3.21. The molecule has 3 nitrogen and oxygen atoms in total. The molecule has 2 fully saturated rings. The quantitative estimate of drug-likeness (QED) is 0.101. The molecule has 0 saturated heterocycles. The van der Waals surface area contributed by atoms with E-state index in [0.29, 0.717) is 5.76 Å². The van der Waals surface area contributed by atoms with Gasteiger partial charge in [0.25, 0.3) is 0 Å². The van der Waals surface area contributed by atoms with Gasteiger partial charge in [-0.15, -0.1) is 29.7 Å². The Balaban J connectivity index is 0.000000158. The van der Waals surface area contributed by atoms with Crippen LogP contribution in [-0.2, 0) is 30.3 Å². The Morgan fingerprint density at radius 2 is 1.51 bits per heavy atom. The first-order valence-corrected chi connectivity index (χ1v) is 14.6. The van der Waals surface area contributed by atoms with Crippen molar-refractivity contribution in [2.24, 2.45) is 11.8 Å². The standard InChI is InChI=1S/C20H14N.C15H24O2.Ir/c1-20(2)15-9-5-8-13-12-6-3-4-7-14(12)19-18(17(13)15)16(20)10-11-21-19;16-14(12-7-3-1-4-8-12)11-15(17)13-9-5-2-6-10-13;/h3-6,8-11H,1-2H3;11-13,16H,1-10H2;/q-1;;/b;14-11-;. The SMILES string of the molecule is CC1(C)c2cccc3c4ccc[c-]c4c4nccc1c4c23.O=C(/C=C(\O)C1CCCCC1)C1CCCCC1.[Ir]. The number of ketones is 1. The van der Waals surface area contributed by atoms with Crippen LogP contribution in [0.1, 0.15) is 89.2 Å². The molecular formula is C35H38IrNO2-. The number of fused-ring (bicyclic) bond motifs is 3. The predicted octanol–water partition coefficient (Wildman–Crippen LogP) is 9.14. The zero-order chi connectivity index (χ0) is 26.3. The molecule has 0 amide bonds. The van der Waals surface area contributed by atoms with E-state index < -0.39 is 0 Å². The third kappa shape index (κ3) is 5.07. The normalized spacial score (nSPS) is 19.2. The van der Waals surface area contributed by atoms with Gasteiger partial charge in [-0.25, -0.2) is 0 Å². The van der Waals surface area contributed by atoms with Gasteiger partial charge in [0.05, 0.1) is 5.76 Å². The van der Waals surface area contributed by atoms with Crippen LogP contribution in [0.2, 0.25) is 0 Å². The minimum absolute atomic E-state index is 0. The molecule has 3 aliphatic carbocycles. The molecule has 4 aromatic rings. The Labute approximate surface area is 245 Å². The van der Waals surface area contributed by atoms with Crippen molar-refractivity contribution in [2.45, 2.75) is 83.5 Å². The number of carbonyl (C=O) groups excluding carboxylic acids is 1. The van der Waals surface area contributed by atoms with Crippen molar-refractivity contribution in [3.8, 4) is 0 Å². The van der Waals surface area contributed by atoms with Crippen LogP contribution in [0.25, 0.3) is 32.4 Å². The number of benzene rings is 3. The Kier molecular flexibility index (Phi) is 8.26. The smallest absolute Gasteiger partial charge is 0.162 e. The molecular weight excluding hydrogens is 659 g/mol. The Bertz CT molecular complexity index is 1460. The summed E-state index contributed by atoms with van der Waals surface area (Å²) in [5.41, 5.74) is 3.94. The average molecular weight is 697 g/mol. The van der Waals surface area contributed by atoms with Gasteiger partial charge in [-0.05, 0) is 59.2 Å². The van der Waals surface area contributed by atoms with Crippen LogP contribution in [0.15, 0.2) is 60.5 Å². The zero-order valence-corrected chi connectivity index (χ0v) is 25.5. The van der Waals surface area contributed by atoms with E-state index in [1.54, 1.807) is 6.08 Å². The number of allylic oxidation sites excluding steroid dienone is 2. The Hall–Kier alpha value is -2.55. The van der Waals surface area contributed by atoms with Gasteiger partial charge in [-0.2, -0.15) is 0 Å². The van der Waals surface area contributed by atoms with Crippen LogP contribution in [0, 0.1) is 17.9 Å². The summed E-state index contributed by atoms with van der Waals surface area (Å²) in [6.07, 6.45) is 14.9. The maximum atomic E-state index is 12.0. The molecule has 3 aromatic carbocycles. The van der Waals surface area contributed by atoms with Crippen molar-refractivity contribution in [3.63, 3.8) is 0 Å². The van der Waals surface area contributed by atoms with E-state index in [2.05, 4.69) is 61.3 Å². The number of rotatable bonds is 3. The van der Waals surface area contributed by atoms with Gasteiger partial charge in [-0.3, -0.25) is 4.79 Å². The molecule has 4 heteroatoms. The summed E-state index contributed by atoms with van der Waals surface area (Å²) >= 11 is 0. The van der Waals surface area contributed by atoms with Crippen molar-refractivity contribution in [1.82, 2.24) is 4.98 Å². The molecule has 0 unspecified atom stereocenters. The first-order valence-electron chi connectivity index (χ1n) is 14.6. The first kappa shape index (κ1) is 28.0. The van der Waals surface area contributed by atoms with E-state index >= 15 is 0 Å². The number of carbonyl (C=O) groups is 1. The van der Waals surface area contributed by atoms with E-state index in [-0.39, 0.29) is 43.1 Å². The minimum Gasteiger partial charge on any atom is -0.512 e. The first-order chi connectivity index (χ1) is 18.5. The van der Waals surface area contributed by atoms with E-state index in [4.69, 9.17) is 0 Å². The maximum absolute atomic E-state index is 12.0. The van der Waals surface area contributed by atoms with Crippen LogP contribution < -0.4 is 0 Å². The van der Waals surface area contributed by atoms with E-state index in [1.807, 2.05) is 12.3 Å². The van der Waals surface area contributed by atoms with Crippen molar-refractivity contribution >= 4 is 38.2 Å². The number of aliphatic hydroxyl groups excluding tert-OH is 1. The summed E-state index contributed by atoms with van der Waals surface area (Å²) in [4.78, 5) is 16.7.